The van der Waals surface area contributed by atoms with E-state index in [1.807, 2.05) is 13.8 Å². The molecule has 1 aliphatic heterocycles. The number of carbonyl (C=O) groups excluding carboxylic acids is 2. The molecule has 104 valence electrons. The Balaban J connectivity index is 2.91. The molecule has 1 heterocycles. The standard InChI is InChI=1S/C14H26N2O2/c1-6-8-10-13(18)16(9-14(3,4)5)11(7-2)12(17)15-10/h10-11H,6-9H2,1-5H3,(H,15,17). The Bertz CT molecular complexity index is 320. The van der Waals surface area contributed by atoms with Gasteiger partial charge in [-0.1, -0.05) is 41.0 Å². The van der Waals surface area contributed by atoms with E-state index in [2.05, 4.69) is 26.1 Å². The minimum Gasteiger partial charge on any atom is -0.343 e. The molecule has 1 aliphatic rings. The highest BCUT2D eigenvalue weighted by Crippen LogP contribution is 2.22. The van der Waals surface area contributed by atoms with E-state index < -0.39 is 0 Å². The van der Waals surface area contributed by atoms with Crippen LogP contribution in [0.4, 0.5) is 0 Å². The van der Waals surface area contributed by atoms with E-state index in [1.165, 1.54) is 0 Å². The molecule has 0 aromatic rings. The number of piperazine rings is 1. The van der Waals surface area contributed by atoms with Crippen LogP contribution in [0.1, 0.15) is 53.9 Å². The Kier molecular flexibility index (Phi) is 4.77. The zero-order chi connectivity index (χ0) is 13.9. The number of amides is 2. The fourth-order valence-corrected chi connectivity index (χ4v) is 2.41. The van der Waals surface area contributed by atoms with Crippen molar-refractivity contribution < 1.29 is 9.59 Å². The smallest absolute Gasteiger partial charge is 0.245 e. The van der Waals surface area contributed by atoms with E-state index in [-0.39, 0.29) is 29.3 Å². The van der Waals surface area contributed by atoms with E-state index in [0.717, 1.165) is 12.8 Å². The number of hydrogen-bond donors (Lipinski definition) is 1. The molecule has 4 heteroatoms. The number of hydrogen-bond acceptors (Lipinski definition) is 2. The second kappa shape index (κ2) is 5.72. The molecule has 0 bridgehead atoms. The van der Waals surface area contributed by atoms with Gasteiger partial charge >= 0.3 is 0 Å². The lowest BCUT2D eigenvalue weighted by molar-refractivity contribution is -0.151. The van der Waals surface area contributed by atoms with Crippen molar-refractivity contribution in [2.75, 3.05) is 6.54 Å². The van der Waals surface area contributed by atoms with Gasteiger partial charge in [-0.2, -0.15) is 0 Å². The quantitative estimate of drug-likeness (QED) is 0.833. The molecular formula is C14H26N2O2. The van der Waals surface area contributed by atoms with Crippen LogP contribution >= 0.6 is 0 Å². The first-order chi connectivity index (χ1) is 8.30. The van der Waals surface area contributed by atoms with Crippen molar-refractivity contribution in [3.63, 3.8) is 0 Å². The normalized spacial score (nSPS) is 25.3. The summed E-state index contributed by atoms with van der Waals surface area (Å²) in [5.41, 5.74) is 0.0114. The number of nitrogens with one attached hydrogen (secondary N) is 1. The van der Waals surface area contributed by atoms with E-state index in [1.54, 1.807) is 4.90 Å². The molecule has 4 nitrogen and oxygen atoms in total. The molecule has 1 N–H and O–H groups in total. The summed E-state index contributed by atoms with van der Waals surface area (Å²) in [5.74, 6) is 0.0815. The van der Waals surface area contributed by atoms with Gasteiger partial charge < -0.3 is 10.2 Å². The lowest BCUT2D eigenvalue weighted by Gasteiger charge is -2.41. The third-order valence-electron chi connectivity index (χ3n) is 3.19. The third kappa shape index (κ3) is 3.47. The summed E-state index contributed by atoms with van der Waals surface area (Å²) in [4.78, 5) is 26.2. The number of carbonyl (C=O) groups is 2. The van der Waals surface area contributed by atoms with Gasteiger partial charge in [-0.05, 0) is 18.3 Å². The van der Waals surface area contributed by atoms with Gasteiger partial charge in [0, 0.05) is 6.54 Å². The SMILES string of the molecule is CCCC1NC(=O)C(CC)N(CC(C)(C)C)C1=O. The molecule has 1 fully saturated rings. The van der Waals surface area contributed by atoms with Crippen molar-refractivity contribution in [2.24, 2.45) is 5.41 Å². The third-order valence-corrected chi connectivity index (χ3v) is 3.19. The molecule has 1 saturated heterocycles. The first-order valence-electron chi connectivity index (χ1n) is 6.91. The van der Waals surface area contributed by atoms with Gasteiger partial charge in [0.05, 0.1) is 0 Å². The molecule has 2 atom stereocenters. The summed E-state index contributed by atoms with van der Waals surface area (Å²) >= 11 is 0. The number of rotatable bonds is 4. The first kappa shape index (κ1) is 15.0. The summed E-state index contributed by atoms with van der Waals surface area (Å²) < 4.78 is 0. The minimum absolute atomic E-state index is 0.000185. The summed E-state index contributed by atoms with van der Waals surface area (Å²) in [6.45, 7) is 10.9. The monoisotopic (exact) mass is 254 g/mol. The van der Waals surface area contributed by atoms with Crippen LogP contribution in [0.3, 0.4) is 0 Å². The molecule has 0 radical (unpaired) electrons. The molecule has 0 aromatic carbocycles. The topological polar surface area (TPSA) is 49.4 Å². The second-order valence-electron chi connectivity index (χ2n) is 6.30. The van der Waals surface area contributed by atoms with Crippen LogP contribution < -0.4 is 5.32 Å². The van der Waals surface area contributed by atoms with E-state index >= 15 is 0 Å². The average Bonchev–Trinajstić information content (AvgIpc) is 2.24. The Morgan fingerprint density at radius 3 is 2.28 bits per heavy atom. The maximum absolute atomic E-state index is 12.4. The van der Waals surface area contributed by atoms with Gasteiger partial charge in [-0.3, -0.25) is 9.59 Å². The Hall–Kier alpha value is -1.06. The largest absolute Gasteiger partial charge is 0.343 e. The van der Waals surface area contributed by atoms with Crippen molar-refractivity contribution in [2.45, 2.75) is 66.0 Å². The lowest BCUT2D eigenvalue weighted by atomic mass is 9.92. The van der Waals surface area contributed by atoms with Crippen molar-refractivity contribution in [3.05, 3.63) is 0 Å². The summed E-state index contributed by atoms with van der Waals surface area (Å²) in [7, 11) is 0. The number of nitrogens with zero attached hydrogens (tertiary/aromatic N) is 1. The van der Waals surface area contributed by atoms with Crippen molar-refractivity contribution in [3.8, 4) is 0 Å². The van der Waals surface area contributed by atoms with Crippen molar-refractivity contribution >= 4 is 11.8 Å². The summed E-state index contributed by atoms with van der Waals surface area (Å²) in [5, 5.41) is 2.85. The van der Waals surface area contributed by atoms with E-state index in [9.17, 15) is 9.59 Å². The fraction of sp³-hybridized carbons (Fsp3) is 0.857. The van der Waals surface area contributed by atoms with E-state index in [4.69, 9.17) is 0 Å². The fourth-order valence-electron chi connectivity index (χ4n) is 2.41. The Morgan fingerprint density at radius 1 is 1.22 bits per heavy atom. The predicted octanol–water partition coefficient (Wildman–Crippen LogP) is 1.94. The molecular weight excluding hydrogens is 228 g/mol. The van der Waals surface area contributed by atoms with Crippen LogP contribution in [0.25, 0.3) is 0 Å². The molecule has 1 rings (SSSR count). The maximum Gasteiger partial charge on any atom is 0.245 e. The minimum atomic E-state index is -0.326. The van der Waals surface area contributed by atoms with Crippen LogP contribution in [-0.2, 0) is 9.59 Å². The van der Waals surface area contributed by atoms with Gasteiger partial charge in [-0.15, -0.1) is 0 Å². The lowest BCUT2D eigenvalue weighted by Crippen LogP contribution is -2.64. The van der Waals surface area contributed by atoms with Gasteiger partial charge in [-0.25, -0.2) is 0 Å². The molecule has 2 unspecified atom stereocenters. The van der Waals surface area contributed by atoms with Crippen molar-refractivity contribution in [1.29, 1.82) is 0 Å². The van der Waals surface area contributed by atoms with Gasteiger partial charge in [0.1, 0.15) is 12.1 Å². The van der Waals surface area contributed by atoms with Gasteiger partial charge in [0.25, 0.3) is 0 Å². The van der Waals surface area contributed by atoms with Crippen LogP contribution in [0.5, 0.6) is 0 Å². The summed E-state index contributed by atoms with van der Waals surface area (Å²) in [6.07, 6.45) is 2.30. The van der Waals surface area contributed by atoms with Crippen molar-refractivity contribution in [1.82, 2.24) is 10.2 Å². The molecule has 0 aromatic heterocycles. The predicted molar refractivity (Wildman–Crippen MR) is 72.1 cm³/mol. The van der Waals surface area contributed by atoms with Crippen LogP contribution in [0.15, 0.2) is 0 Å². The Morgan fingerprint density at radius 2 is 1.83 bits per heavy atom. The zero-order valence-corrected chi connectivity index (χ0v) is 12.2. The molecule has 2 amide bonds. The second-order valence-corrected chi connectivity index (χ2v) is 6.30. The average molecular weight is 254 g/mol. The maximum atomic E-state index is 12.4. The molecule has 0 saturated carbocycles. The Labute approximate surface area is 110 Å². The highest BCUT2D eigenvalue weighted by Gasteiger charge is 2.40. The first-order valence-corrected chi connectivity index (χ1v) is 6.91. The molecule has 0 spiro atoms. The molecule has 18 heavy (non-hydrogen) atoms. The van der Waals surface area contributed by atoms with Crippen LogP contribution in [0.2, 0.25) is 0 Å². The highest BCUT2D eigenvalue weighted by molar-refractivity contribution is 5.96. The van der Waals surface area contributed by atoms with Gasteiger partial charge in [0.2, 0.25) is 11.8 Å². The van der Waals surface area contributed by atoms with Crippen LogP contribution in [0, 0.1) is 5.41 Å². The highest BCUT2D eigenvalue weighted by atomic mass is 16.2. The van der Waals surface area contributed by atoms with E-state index in [0.29, 0.717) is 13.0 Å². The van der Waals surface area contributed by atoms with Gasteiger partial charge in [0.15, 0.2) is 0 Å². The molecule has 0 aliphatic carbocycles. The zero-order valence-electron chi connectivity index (χ0n) is 12.2. The van der Waals surface area contributed by atoms with Crippen LogP contribution in [-0.4, -0.2) is 35.3 Å². The summed E-state index contributed by atoms with van der Waals surface area (Å²) in [6, 6.07) is -0.627.